The number of nitrogens with zero attached hydrogens (tertiary/aromatic N) is 3. The average molecular weight is 437 g/mol. The lowest BCUT2D eigenvalue weighted by molar-refractivity contribution is -0.113. The standard InChI is InChI=1S/C22H20N4O2S2/c1-15-10-11-18(28-2)17(13-15)23-20(27)14-30-22-25-24-21(19-9-6-12-29-19)26(22)16-7-4-3-5-8-16/h3-13H,14H2,1-2H3,(H,23,27). The molecule has 2 aromatic heterocycles. The molecule has 0 radical (unpaired) electrons. The summed E-state index contributed by atoms with van der Waals surface area (Å²) in [5.41, 5.74) is 2.66. The number of aryl methyl sites for hydroxylation is 1. The van der Waals surface area contributed by atoms with Crippen molar-refractivity contribution in [2.24, 2.45) is 0 Å². The van der Waals surface area contributed by atoms with Crippen molar-refractivity contribution in [1.82, 2.24) is 14.8 Å². The maximum atomic E-state index is 12.6. The first kappa shape index (κ1) is 20.2. The summed E-state index contributed by atoms with van der Waals surface area (Å²) in [6.45, 7) is 1.97. The highest BCUT2D eigenvalue weighted by atomic mass is 32.2. The number of anilines is 1. The Hall–Kier alpha value is -3.10. The predicted octanol–water partition coefficient (Wildman–Crippen LogP) is 5.04. The number of ether oxygens (including phenoxy) is 1. The molecular formula is C22H20N4O2S2. The van der Waals surface area contributed by atoms with Gasteiger partial charge in [-0.05, 0) is 48.2 Å². The smallest absolute Gasteiger partial charge is 0.234 e. The van der Waals surface area contributed by atoms with E-state index in [9.17, 15) is 4.79 Å². The molecule has 0 fully saturated rings. The van der Waals surface area contributed by atoms with E-state index in [1.165, 1.54) is 11.8 Å². The minimum Gasteiger partial charge on any atom is -0.495 e. The number of aromatic nitrogens is 3. The van der Waals surface area contributed by atoms with Crippen molar-refractivity contribution in [2.45, 2.75) is 12.1 Å². The highest BCUT2D eigenvalue weighted by Gasteiger charge is 2.18. The summed E-state index contributed by atoms with van der Waals surface area (Å²) in [7, 11) is 1.59. The molecular weight excluding hydrogens is 416 g/mol. The van der Waals surface area contributed by atoms with Crippen LogP contribution in [0.25, 0.3) is 16.4 Å². The Morgan fingerprint density at radius 2 is 1.97 bits per heavy atom. The van der Waals surface area contributed by atoms with E-state index in [4.69, 9.17) is 4.74 Å². The summed E-state index contributed by atoms with van der Waals surface area (Å²) in [5, 5.41) is 14.3. The number of para-hydroxylation sites is 1. The summed E-state index contributed by atoms with van der Waals surface area (Å²) in [5.74, 6) is 1.46. The van der Waals surface area contributed by atoms with Crippen LogP contribution in [0.5, 0.6) is 5.75 Å². The maximum Gasteiger partial charge on any atom is 0.234 e. The first-order valence-electron chi connectivity index (χ1n) is 9.27. The number of thioether (sulfide) groups is 1. The molecule has 0 aliphatic heterocycles. The average Bonchev–Trinajstić information content (AvgIpc) is 3.43. The fraction of sp³-hybridized carbons (Fsp3) is 0.136. The molecule has 0 unspecified atom stereocenters. The first-order chi connectivity index (χ1) is 14.7. The van der Waals surface area contributed by atoms with E-state index in [1.807, 2.05) is 77.5 Å². The SMILES string of the molecule is COc1ccc(C)cc1NC(=O)CSc1nnc(-c2cccs2)n1-c1ccccc1. The molecule has 2 heterocycles. The van der Waals surface area contributed by atoms with Gasteiger partial charge in [-0.3, -0.25) is 9.36 Å². The Labute approximate surface area is 182 Å². The van der Waals surface area contributed by atoms with Gasteiger partial charge in [0.1, 0.15) is 5.75 Å². The minimum atomic E-state index is -0.135. The molecule has 4 rings (SSSR count). The summed E-state index contributed by atoms with van der Waals surface area (Å²) in [6.07, 6.45) is 0. The number of amides is 1. The van der Waals surface area contributed by atoms with E-state index < -0.39 is 0 Å². The van der Waals surface area contributed by atoms with Gasteiger partial charge in [-0.2, -0.15) is 0 Å². The molecule has 6 nitrogen and oxygen atoms in total. The monoisotopic (exact) mass is 436 g/mol. The molecule has 2 aromatic carbocycles. The van der Waals surface area contributed by atoms with Crippen LogP contribution >= 0.6 is 23.1 Å². The van der Waals surface area contributed by atoms with Crippen molar-refractivity contribution >= 4 is 34.7 Å². The highest BCUT2D eigenvalue weighted by molar-refractivity contribution is 7.99. The van der Waals surface area contributed by atoms with E-state index >= 15 is 0 Å². The maximum absolute atomic E-state index is 12.6. The zero-order valence-corrected chi connectivity index (χ0v) is 18.2. The molecule has 0 spiro atoms. The number of thiophene rings is 1. The number of rotatable bonds is 7. The Bertz CT molecular complexity index is 1140. The second kappa shape index (κ2) is 9.15. The van der Waals surface area contributed by atoms with Gasteiger partial charge < -0.3 is 10.1 Å². The molecule has 30 heavy (non-hydrogen) atoms. The van der Waals surface area contributed by atoms with Crippen LogP contribution in [0.2, 0.25) is 0 Å². The predicted molar refractivity (Wildman–Crippen MR) is 122 cm³/mol. The molecule has 0 saturated carbocycles. The van der Waals surface area contributed by atoms with E-state index in [0.717, 1.165) is 22.0 Å². The topological polar surface area (TPSA) is 69.0 Å². The van der Waals surface area contributed by atoms with Crippen LogP contribution in [0.15, 0.2) is 71.2 Å². The zero-order chi connectivity index (χ0) is 20.9. The van der Waals surface area contributed by atoms with Gasteiger partial charge in [0.25, 0.3) is 0 Å². The van der Waals surface area contributed by atoms with Crippen LogP contribution in [0, 0.1) is 6.92 Å². The molecule has 1 N–H and O–H groups in total. The van der Waals surface area contributed by atoms with E-state index in [0.29, 0.717) is 16.6 Å². The number of nitrogens with one attached hydrogen (secondary N) is 1. The van der Waals surface area contributed by atoms with Crippen LogP contribution in [0.3, 0.4) is 0 Å². The van der Waals surface area contributed by atoms with Crippen molar-refractivity contribution in [3.8, 4) is 22.1 Å². The largest absolute Gasteiger partial charge is 0.495 e. The molecule has 1 amide bonds. The quantitative estimate of drug-likeness (QED) is 0.411. The van der Waals surface area contributed by atoms with Crippen LogP contribution in [-0.4, -0.2) is 33.5 Å². The van der Waals surface area contributed by atoms with Gasteiger partial charge in [-0.1, -0.05) is 42.1 Å². The highest BCUT2D eigenvalue weighted by Crippen LogP contribution is 2.31. The van der Waals surface area contributed by atoms with Crippen molar-refractivity contribution < 1.29 is 9.53 Å². The number of carbonyl (C=O) groups excluding carboxylic acids is 1. The summed E-state index contributed by atoms with van der Waals surface area (Å²) < 4.78 is 7.32. The lowest BCUT2D eigenvalue weighted by Crippen LogP contribution is -2.15. The minimum absolute atomic E-state index is 0.135. The van der Waals surface area contributed by atoms with Gasteiger partial charge >= 0.3 is 0 Å². The van der Waals surface area contributed by atoms with Crippen LogP contribution in [0.4, 0.5) is 5.69 Å². The Balaban J connectivity index is 1.55. The lowest BCUT2D eigenvalue weighted by Gasteiger charge is -2.11. The van der Waals surface area contributed by atoms with Crippen LogP contribution in [-0.2, 0) is 4.79 Å². The number of hydrogen-bond donors (Lipinski definition) is 1. The van der Waals surface area contributed by atoms with Gasteiger partial charge in [0.15, 0.2) is 11.0 Å². The third-order valence-electron chi connectivity index (χ3n) is 4.35. The molecule has 0 atom stereocenters. The second-order valence-electron chi connectivity index (χ2n) is 6.50. The van der Waals surface area contributed by atoms with Crippen molar-refractivity contribution in [3.05, 3.63) is 71.6 Å². The fourth-order valence-corrected chi connectivity index (χ4v) is 4.42. The Kier molecular flexibility index (Phi) is 6.15. The van der Waals surface area contributed by atoms with Crippen LogP contribution in [0.1, 0.15) is 5.56 Å². The third kappa shape index (κ3) is 4.39. The number of carbonyl (C=O) groups is 1. The molecule has 0 aliphatic carbocycles. The van der Waals surface area contributed by atoms with Gasteiger partial charge in [0.05, 0.1) is 23.4 Å². The van der Waals surface area contributed by atoms with E-state index in [-0.39, 0.29) is 11.7 Å². The molecule has 0 bridgehead atoms. The zero-order valence-electron chi connectivity index (χ0n) is 16.5. The lowest BCUT2D eigenvalue weighted by atomic mass is 10.2. The van der Waals surface area contributed by atoms with Gasteiger partial charge in [0.2, 0.25) is 5.91 Å². The molecule has 0 saturated heterocycles. The molecule has 0 aliphatic rings. The molecule has 8 heteroatoms. The van der Waals surface area contributed by atoms with E-state index in [1.54, 1.807) is 18.4 Å². The number of methoxy groups -OCH3 is 1. The Morgan fingerprint density at radius 1 is 1.13 bits per heavy atom. The van der Waals surface area contributed by atoms with Crippen molar-refractivity contribution in [1.29, 1.82) is 0 Å². The van der Waals surface area contributed by atoms with Crippen LogP contribution < -0.4 is 10.1 Å². The fourth-order valence-electron chi connectivity index (χ4n) is 2.97. The van der Waals surface area contributed by atoms with Gasteiger partial charge in [-0.25, -0.2) is 0 Å². The number of benzene rings is 2. The van der Waals surface area contributed by atoms with Crippen molar-refractivity contribution in [2.75, 3.05) is 18.2 Å². The summed E-state index contributed by atoms with van der Waals surface area (Å²) in [6, 6.07) is 19.6. The summed E-state index contributed by atoms with van der Waals surface area (Å²) >= 11 is 2.95. The first-order valence-corrected chi connectivity index (χ1v) is 11.1. The third-order valence-corrected chi connectivity index (χ3v) is 6.15. The van der Waals surface area contributed by atoms with Gasteiger partial charge in [-0.15, -0.1) is 21.5 Å². The normalized spacial score (nSPS) is 10.7. The van der Waals surface area contributed by atoms with Crippen molar-refractivity contribution in [3.63, 3.8) is 0 Å². The summed E-state index contributed by atoms with van der Waals surface area (Å²) in [4.78, 5) is 13.6. The molecule has 4 aromatic rings. The second-order valence-corrected chi connectivity index (χ2v) is 8.39. The Morgan fingerprint density at radius 3 is 2.70 bits per heavy atom. The number of hydrogen-bond acceptors (Lipinski definition) is 6. The molecule has 152 valence electrons. The van der Waals surface area contributed by atoms with E-state index in [2.05, 4.69) is 15.5 Å². The van der Waals surface area contributed by atoms with Gasteiger partial charge in [0, 0.05) is 5.69 Å².